The van der Waals surface area contributed by atoms with E-state index in [1.54, 1.807) is 0 Å². The number of phenolic OH excluding ortho intramolecular Hbond substituents is 1. The lowest BCUT2D eigenvalue weighted by Gasteiger charge is -2.60. The highest BCUT2D eigenvalue weighted by Gasteiger charge is 2.58. The maximum absolute atomic E-state index is 11.1. The van der Waals surface area contributed by atoms with E-state index >= 15 is 0 Å². The van der Waals surface area contributed by atoms with Crippen LogP contribution in [0.1, 0.15) is 126 Å². The first kappa shape index (κ1) is 37.9. The van der Waals surface area contributed by atoms with Crippen LogP contribution < -0.4 is 10.6 Å². The van der Waals surface area contributed by atoms with E-state index in [9.17, 15) is 5.11 Å². The molecule has 1 heterocycles. The van der Waals surface area contributed by atoms with Crippen molar-refractivity contribution in [2.24, 2.45) is 46.3 Å². The van der Waals surface area contributed by atoms with Gasteiger partial charge in [0.2, 0.25) is 0 Å². The second kappa shape index (κ2) is 17.4. The molecule has 51 heavy (non-hydrogen) atoms. The fourth-order valence-corrected chi connectivity index (χ4v) is 14.6. The largest absolute Gasteiger partial charge is 0.508 e. The molecule has 3 fully saturated rings. The summed E-state index contributed by atoms with van der Waals surface area (Å²) in [7, 11) is 4.25. The van der Waals surface area contributed by atoms with Gasteiger partial charge in [-0.2, -0.15) is 0 Å². The van der Waals surface area contributed by atoms with Crippen LogP contribution in [-0.2, 0) is 19.4 Å². The molecule has 3 N–H and O–H groups in total. The zero-order valence-corrected chi connectivity index (χ0v) is 33.8. The molecule has 2 aromatic carbocycles. The minimum atomic E-state index is 0.364. The maximum Gasteiger partial charge on any atom is 0.116 e. The van der Waals surface area contributed by atoms with Crippen LogP contribution in [0.4, 0.5) is 0 Å². The Morgan fingerprint density at radius 3 is 2.65 bits per heavy atom. The Morgan fingerprint density at radius 2 is 1.78 bits per heavy atom. The topological polar surface area (TPSA) is 44.3 Å². The molecule has 2 aromatic rings. The zero-order valence-electron chi connectivity index (χ0n) is 32.1. The summed E-state index contributed by atoms with van der Waals surface area (Å²) >= 11 is 0. The summed E-state index contributed by atoms with van der Waals surface area (Å²) in [6, 6.07) is 16.0. The molecule has 4 bridgehead atoms. The first-order valence-electron chi connectivity index (χ1n) is 21.1. The molecule has 3 saturated carbocycles. The lowest BCUT2D eigenvalue weighted by molar-refractivity contribution is -0.0820. The summed E-state index contributed by atoms with van der Waals surface area (Å²) < 4.78 is 0. The predicted molar refractivity (Wildman–Crippen MR) is 221 cm³/mol. The van der Waals surface area contributed by atoms with Crippen LogP contribution in [0, 0.1) is 46.3 Å². The normalized spacial score (nSPS) is 35.7. The number of nitrogens with one attached hydrogen (secondary N) is 2. The highest BCUT2D eigenvalue weighted by Crippen LogP contribution is 2.67. The SMILES string of the molecule is CCCCCCNCC1CCC2(C1)CC1C3Cc4cc(O)cc(c4)Cc4ccccc4CNC(C)CSSCC(C3)CC1C1(C=CCC(C)C1)C2. The van der Waals surface area contributed by atoms with Gasteiger partial charge in [-0.05, 0) is 178 Å². The number of benzene rings is 2. The van der Waals surface area contributed by atoms with E-state index in [1.807, 2.05) is 6.07 Å². The molecule has 7 rings (SSSR count). The van der Waals surface area contributed by atoms with Gasteiger partial charge in [0.25, 0.3) is 0 Å². The van der Waals surface area contributed by atoms with Crippen LogP contribution in [0.15, 0.2) is 54.6 Å². The van der Waals surface area contributed by atoms with Gasteiger partial charge in [-0.3, -0.25) is 0 Å². The molecule has 4 aliphatic carbocycles. The van der Waals surface area contributed by atoms with Crippen molar-refractivity contribution in [2.45, 2.75) is 130 Å². The molecule has 0 amide bonds. The molecule has 280 valence electrons. The van der Waals surface area contributed by atoms with Gasteiger partial charge in [0.05, 0.1) is 0 Å². The predicted octanol–water partition coefficient (Wildman–Crippen LogP) is 11.4. The molecule has 5 aliphatic rings. The van der Waals surface area contributed by atoms with Crippen molar-refractivity contribution in [3.8, 4) is 5.75 Å². The Labute approximate surface area is 319 Å². The zero-order chi connectivity index (χ0) is 35.3. The minimum Gasteiger partial charge on any atom is -0.508 e. The number of hydrogen-bond donors (Lipinski definition) is 3. The highest BCUT2D eigenvalue weighted by molar-refractivity contribution is 8.76. The van der Waals surface area contributed by atoms with Gasteiger partial charge in [-0.1, -0.05) is 97.2 Å². The maximum atomic E-state index is 11.1. The van der Waals surface area contributed by atoms with Gasteiger partial charge in [-0.15, -0.1) is 0 Å². The average molecular weight is 729 g/mol. The molecule has 0 radical (unpaired) electrons. The molecule has 0 saturated heterocycles. The summed E-state index contributed by atoms with van der Waals surface area (Å²) in [6.07, 6.45) is 25.4. The van der Waals surface area contributed by atoms with Gasteiger partial charge in [-0.25, -0.2) is 0 Å². The van der Waals surface area contributed by atoms with Crippen LogP contribution in [0.5, 0.6) is 5.75 Å². The minimum absolute atomic E-state index is 0.364. The second-order valence-corrected chi connectivity index (χ2v) is 20.9. The first-order chi connectivity index (χ1) is 24.8. The van der Waals surface area contributed by atoms with Crippen molar-refractivity contribution in [3.05, 3.63) is 76.9 Å². The third kappa shape index (κ3) is 9.46. The Balaban J connectivity index is 1.17. The lowest BCUT2D eigenvalue weighted by Crippen LogP contribution is -2.52. The molecule has 0 aromatic heterocycles. The number of fused-ring (bicyclic) bond motifs is 8. The van der Waals surface area contributed by atoms with E-state index in [0.717, 1.165) is 54.7 Å². The number of rotatable bonds is 7. The smallest absolute Gasteiger partial charge is 0.116 e. The van der Waals surface area contributed by atoms with Crippen LogP contribution in [0.25, 0.3) is 0 Å². The van der Waals surface area contributed by atoms with Crippen LogP contribution in [0.3, 0.4) is 0 Å². The van der Waals surface area contributed by atoms with E-state index in [1.165, 1.54) is 125 Å². The fourth-order valence-electron chi connectivity index (χ4n) is 11.9. The highest BCUT2D eigenvalue weighted by atomic mass is 33.1. The van der Waals surface area contributed by atoms with E-state index in [2.05, 4.69) is 102 Å². The monoisotopic (exact) mass is 728 g/mol. The Kier molecular flexibility index (Phi) is 12.9. The van der Waals surface area contributed by atoms with Gasteiger partial charge in [0.15, 0.2) is 0 Å². The lowest BCUT2D eigenvalue weighted by atomic mass is 9.44. The number of hydrogen-bond acceptors (Lipinski definition) is 5. The third-order valence-corrected chi connectivity index (χ3v) is 16.7. The first-order valence-corrected chi connectivity index (χ1v) is 23.6. The van der Waals surface area contributed by atoms with Crippen LogP contribution in [-0.4, -0.2) is 35.7 Å². The summed E-state index contributed by atoms with van der Waals surface area (Å²) in [6.45, 7) is 10.5. The summed E-state index contributed by atoms with van der Waals surface area (Å²) in [5, 5.41) is 18.9. The molecular weight excluding hydrogens is 661 g/mol. The van der Waals surface area contributed by atoms with E-state index in [0.29, 0.717) is 28.5 Å². The molecule has 3 nitrogen and oxygen atoms in total. The molecule has 1 aliphatic heterocycles. The van der Waals surface area contributed by atoms with Gasteiger partial charge in [0.1, 0.15) is 5.75 Å². The second-order valence-electron chi connectivity index (χ2n) is 18.3. The molecule has 5 heteroatoms. The summed E-state index contributed by atoms with van der Waals surface area (Å²) in [4.78, 5) is 0. The standard InChI is InChI=1S/C46H68N2OS2/c1-4-5-6-9-17-47-28-35-14-16-45(26-35)27-43-41-20-37-18-36(22-42(49)23-37)19-39-12-7-8-13-40(39)29-48-34(3)30-50-51-31-38(21-41)24-44(43)46(32-45)15-10-11-33(2)25-46/h7-8,10,12-13,15,18,22-23,33-35,38,41,43-44,47-49H,4-6,9,11,14,16-17,19-21,24-32H2,1-3H3. The summed E-state index contributed by atoms with van der Waals surface area (Å²) in [5.74, 6) is 7.53. The van der Waals surface area contributed by atoms with E-state index in [-0.39, 0.29) is 0 Å². The van der Waals surface area contributed by atoms with Crippen LogP contribution in [0.2, 0.25) is 0 Å². The fraction of sp³-hybridized carbons (Fsp3) is 0.696. The van der Waals surface area contributed by atoms with Crippen LogP contribution >= 0.6 is 21.6 Å². The summed E-state index contributed by atoms with van der Waals surface area (Å²) in [5.41, 5.74) is 6.23. The molecule has 9 atom stereocenters. The van der Waals surface area contributed by atoms with Crippen molar-refractivity contribution in [2.75, 3.05) is 24.6 Å². The Bertz CT molecular complexity index is 1460. The quantitative estimate of drug-likeness (QED) is 0.150. The Morgan fingerprint density at radius 1 is 0.941 bits per heavy atom. The molecular formula is C46H68N2OS2. The number of allylic oxidation sites excluding steroid dienone is 2. The molecule has 2 spiro atoms. The Hall–Kier alpha value is -1.40. The third-order valence-electron chi connectivity index (χ3n) is 14.0. The van der Waals surface area contributed by atoms with Gasteiger partial charge < -0.3 is 15.7 Å². The average Bonchev–Trinajstić information content (AvgIpc) is 3.48. The van der Waals surface area contributed by atoms with Crippen molar-refractivity contribution in [1.29, 1.82) is 0 Å². The van der Waals surface area contributed by atoms with Gasteiger partial charge in [0, 0.05) is 24.1 Å². The van der Waals surface area contributed by atoms with Gasteiger partial charge >= 0.3 is 0 Å². The molecule has 9 unspecified atom stereocenters. The number of phenols is 1. The number of aromatic hydroxyl groups is 1. The van der Waals surface area contributed by atoms with Crippen molar-refractivity contribution < 1.29 is 5.11 Å². The van der Waals surface area contributed by atoms with Crippen molar-refractivity contribution in [1.82, 2.24) is 10.6 Å². The van der Waals surface area contributed by atoms with E-state index in [4.69, 9.17) is 0 Å². The number of unbranched alkanes of at least 4 members (excludes halogenated alkanes) is 3. The van der Waals surface area contributed by atoms with Crippen molar-refractivity contribution >= 4 is 21.6 Å². The van der Waals surface area contributed by atoms with E-state index < -0.39 is 0 Å². The van der Waals surface area contributed by atoms with Crippen molar-refractivity contribution in [3.63, 3.8) is 0 Å².